The van der Waals surface area contributed by atoms with Crippen molar-refractivity contribution in [1.82, 2.24) is 0 Å². The van der Waals surface area contributed by atoms with Crippen LogP contribution in [0.2, 0.25) is 0 Å². The molecule has 4 rings (SSSR count). The van der Waals surface area contributed by atoms with E-state index in [0.29, 0.717) is 16.9 Å². The summed E-state index contributed by atoms with van der Waals surface area (Å²) >= 11 is 0. The lowest BCUT2D eigenvalue weighted by Gasteiger charge is -2.52. The number of cyclic esters (lactones) is 1. The Morgan fingerprint density at radius 2 is 1.59 bits per heavy atom. The number of fused-ring (bicyclic) bond motifs is 2. The molecule has 9 nitrogen and oxygen atoms in total. The minimum absolute atomic E-state index is 0.0304. The third kappa shape index (κ3) is 3.49. The highest BCUT2D eigenvalue weighted by atomic mass is 16.8. The molecule has 3 aliphatic rings. The van der Waals surface area contributed by atoms with Gasteiger partial charge in [0.25, 0.3) is 0 Å². The number of hydrogen-bond acceptors (Lipinski definition) is 9. The molecule has 4 atom stereocenters. The summed E-state index contributed by atoms with van der Waals surface area (Å²) in [4.78, 5) is 26.0. The fourth-order valence-electron chi connectivity index (χ4n) is 4.23. The Kier molecular flexibility index (Phi) is 5.36. The summed E-state index contributed by atoms with van der Waals surface area (Å²) in [5.41, 5.74) is 0.812. The molecule has 0 spiro atoms. The van der Waals surface area contributed by atoms with Crippen molar-refractivity contribution in [2.45, 2.75) is 63.7 Å². The second-order valence-electron chi connectivity index (χ2n) is 8.69. The zero-order valence-electron chi connectivity index (χ0n) is 19.3. The van der Waals surface area contributed by atoms with Crippen LogP contribution in [0, 0.1) is 0 Å². The van der Waals surface area contributed by atoms with Gasteiger partial charge in [0, 0.05) is 51.7 Å². The van der Waals surface area contributed by atoms with E-state index in [0.717, 1.165) is 0 Å². The highest BCUT2D eigenvalue weighted by molar-refractivity contribution is 6.24. The minimum atomic E-state index is -1.23. The van der Waals surface area contributed by atoms with Crippen molar-refractivity contribution in [3.05, 3.63) is 29.3 Å². The highest BCUT2D eigenvalue weighted by Gasteiger charge is 2.57. The molecule has 174 valence electrons. The molecule has 0 unspecified atom stereocenters. The zero-order chi connectivity index (χ0) is 23.5. The first-order valence-corrected chi connectivity index (χ1v) is 10.3. The van der Waals surface area contributed by atoms with Gasteiger partial charge in [0.05, 0.1) is 13.2 Å². The van der Waals surface area contributed by atoms with Crippen molar-refractivity contribution in [2.75, 3.05) is 21.3 Å². The summed E-state index contributed by atoms with van der Waals surface area (Å²) in [5.74, 6) is -3.67. The van der Waals surface area contributed by atoms with Gasteiger partial charge in [-0.3, -0.25) is 4.79 Å². The molecule has 1 aromatic rings. The average molecular weight is 448 g/mol. The van der Waals surface area contributed by atoms with Gasteiger partial charge in [-0.25, -0.2) is 4.79 Å². The van der Waals surface area contributed by atoms with Crippen molar-refractivity contribution in [3.63, 3.8) is 0 Å². The third-order valence-electron chi connectivity index (χ3n) is 6.23. The van der Waals surface area contributed by atoms with E-state index in [1.807, 2.05) is 0 Å². The fraction of sp³-hybridized carbons (Fsp3) is 0.565. The van der Waals surface area contributed by atoms with Crippen molar-refractivity contribution < 1.29 is 42.7 Å². The van der Waals surface area contributed by atoms with Crippen molar-refractivity contribution in [3.8, 4) is 11.5 Å². The molecule has 1 aliphatic carbocycles. The van der Waals surface area contributed by atoms with Crippen molar-refractivity contribution >= 4 is 17.3 Å². The SMILES string of the molecule is COc1cc2c(c(C3=C[C@H]4O[C@](C)(OC)[C@@](C)(OC)O[C@@H]4CC3=O)c1)C(=O)OC(C)(C)O2. The first-order chi connectivity index (χ1) is 15.0. The molecule has 0 radical (unpaired) electrons. The van der Waals surface area contributed by atoms with Crippen LogP contribution in [-0.2, 0) is 28.5 Å². The predicted octanol–water partition coefficient (Wildman–Crippen LogP) is 2.85. The van der Waals surface area contributed by atoms with E-state index in [4.69, 9.17) is 33.2 Å². The van der Waals surface area contributed by atoms with Gasteiger partial charge in [-0.2, -0.15) is 0 Å². The van der Waals surface area contributed by atoms with Crippen LogP contribution in [0.25, 0.3) is 5.57 Å². The van der Waals surface area contributed by atoms with Gasteiger partial charge in [-0.1, -0.05) is 0 Å². The lowest BCUT2D eigenvalue weighted by molar-refractivity contribution is -0.442. The molecular weight excluding hydrogens is 420 g/mol. The number of Topliss-reactive ketones (excluding diaryl/α,β-unsaturated/α-hetero) is 1. The molecule has 0 amide bonds. The molecule has 2 heterocycles. The molecule has 2 aliphatic heterocycles. The number of carbonyl (C=O) groups is 2. The molecule has 1 fully saturated rings. The summed E-state index contributed by atoms with van der Waals surface area (Å²) in [6, 6.07) is 3.22. The number of ketones is 1. The topological polar surface area (TPSA) is 98.8 Å². The standard InChI is InChI=1S/C23H28O9/c1-21(2)29-18-9-12(26-5)8-14(19(18)20(25)32-21)13-10-16-17(11-15(13)24)31-23(4,28-7)22(3,27-6)30-16/h8-10,16-17H,11H2,1-7H3/t16-,17-,22+,23+/m1/s1. The second kappa shape index (κ2) is 7.55. The lowest BCUT2D eigenvalue weighted by Crippen LogP contribution is -2.65. The van der Waals surface area contributed by atoms with E-state index < -0.39 is 35.5 Å². The summed E-state index contributed by atoms with van der Waals surface area (Å²) in [6.45, 7) is 6.67. The van der Waals surface area contributed by atoms with Crippen LogP contribution in [0.1, 0.15) is 50.0 Å². The Bertz CT molecular complexity index is 997. The molecular formula is C23H28O9. The van der Waals surface area contributed by atoms with Crippen LogP contribution in [0.4, 0.5) is 0 Å². The van der Waals surface area contributed by atoms with E-state index in [1.54, 1.807) is 45.9 Å². The maximum Gasteiger partial charge on any atom is 0.345 e. The summed E-state index contributed by atoms with van der Waals surface area (Å²) < 4.78 is 40.1. The second-order valence-corrected chi connectivity index (χ2v) is 8.69. The van der Waals surface area contributed by atoms with Crippen LogP contribution >= 0.6 is 0 Å². The van der Waals surface area contributed by atoms with Gasteiger partial charge in [0.15, 0.2) is 5.78 Å². The van der Waals surface area contributed by atoms with Crippen molar-refractivity contribution in [1.29, 1.82) is 0 Å². The number of esters is 1. The Balaban J connectivity index is 1.81. The molecule has 0 N–H and O–H groups in total. The molecule has 0 saturated carbocycles. The minimum Gasteiger partial charge on any atom is -0.497 e. The quantitative estimate of drug-likeness (QED) is 0.644. The summed E-state index contributed by atoms with van der Waals surface area (Å²) in [6.07, 6.45) is 0.478. The lowest BCUT2D eigenvalue weighted by atomic mass is 9.85. The maximum absolute atomic E-state index is 13.2. The largest absolute Gasteiger partial charge is 0.497 e. The summed E-state index contributed by atoms with van der Waals surface area (Å²) in [5, 5.41) is 0. The highest BCUT2D eigenvalue weighted by Crippen LogP contribution is 2.45. The Labute approximate surface area is 186 Å². The monoisotopic (exact) mass is 448 g/mol. The number of methoxy groups -OCH3 is 3. The van der Waals surface area contributed by atoms with Crippen LogP contribution in [0.3, 0.4) is 0 Å². The van der Waals surface area contributed by atoms with Crippen LogP contribution in [0.5, 0.6) is 11.5 Å². The predicted molar refractivity (Wildman–Crippen MR) is 111 cm³/mol. The Hall–Kier alpha value is -2.46. The third-order valence-corrected chi connectivity index (χ3v) is 6.23. The van der Waals surface area contributed by atoms with E-state index >= 15 is 0 Å². The van der Waals surface area contributed by atoms with Crippen LogP contribution in [-0.4, -0.2) is 62.7 Å². The van der Waals surface area contributed by atoms with E-state index in [1.165, 1.54) is 21.3 Å². The van der Waals surface area contributed by atoms with Gasteiger partial charge in [0.2, 0.25) is 17.4 Å². The molecule has 1 saturated heterocycles. The Morgan fingerprint density at radius 3 is 2.22 bits per heavy atom. The number of carbonyl (C=O) groups excluding carboxylic acids is 2. The van der Waals surface area contributed by atoms with E-state index in [2.05, 4.69) is 0 Å². The smallest absolute Gasteiger partial charge is 0.345 e. The number of rotatable bonds is 4. The first kappa shape index (κ1) is 22.7. The molecule has 0 bridgehead atoms. The maximum atomic E-state index is 13.2. The van der Waals surface area contributed by atoms with Gasteiger partial charge < -0.3 is 33.2 Å². The van der Waals surface area contributed by atoms with Crippen LogP contribution < -0.4 is 9.47 Å². The first-order valence-electron chi connectivity index (χ1n) is 10.3. The van der Waals surface area contributed by atoms with Gasteiger partial charge >= 0.3 is 5.97 Å². The molecule has 32 heavy (non-hydrogen) atoms. The summed E-state index contributed by atoms with van der Waals surface area (Å²) in [7, 11) is 4.48. The van der Waals surface area contributed by atoms with Crippen molar-refractivity contribution in [2.24, 2.45) is 0 Å². The number of hydrogen-bond donors (Lipinski definition) is 0. The molecule has 0 aromatic heterocycles. The molecule has 1 aromatic carbocycles. The Morgan fingerprint density at radius 1 is 0.938 bits per heavy atom. The zero-order valence-corrected chi connectivity index (χ0v) is 19.3. The van der Waals surface area contributed by atoms with E-state index in [-0.39, 0.29) is 23.5 Å². The molecule has 9 heteroatoms. The number of ether oxygens (including phenoxy) is 7. The fourth-order valence-corrected chi connectivity index (χ4v) is 4.23. The van der Waals surface area contributed by atoms with Gasteiger partial charge in [-0.15, -0.1) is 0 Å². The van der Waals surface area contributed by atoms with Gasteiger partial charge in [0.1, 0.15) is 23.2 Å². The van der Waals surface area contributed by atoms with Gasteiger partial charge in [-0.05, 0) is 26.0 Å². The van der Waals surface area contributed by atoms with E-state index in [9.17, 15) is 9.59 Å². The number of benzene rings is 1. The normalized spacial score (nSPS) is 33.4. The number of allylic oxidation sites excluding steroid dienone is 1. The average Bonchev–Trinajstić information content (AvgIpc) is 2.72. The van der Waals surface area contributed by atoms with Crippen LogP contribution in [0.15, 0.2) is 18.2 Å².